The normalized spacial score (nSPS) is 38.8. The third-order valence-corrected chi connectivity index (χ3v) is 9.26. The molecule has 1 saturated carbocycles. The lowest BCUT2D eigenvalue weighted by molar-refractivity contribution is -0.123. The zero-order chi connectivity index (χ0) is 18.5. The summed E-state index contributed by atoms with van der Waals surface area (Å²) in [5.74, 6) is -4.87. The van der Waals surface area contributed by atoms with Crippen LogP contribution in [0, 0.1) is 17.7 Å². The van der Waals surface area contributed by atoms with Crippen LogP contribution in [0.25, 0.3) is 0 Å². The number of halogens is 7. The van der Waals surface area contributed by atoms with E-state index in [1.54, 1.807) is 0 Å². The molecule has 1 aromatic rings. The largest absolute Gasteiger partial charge is 0.274 e. The third kappa shape index (κ3) is 1.73. The number of benzene rings is 1. The van der Waals surface area contributed by atoms with Gasteiger partial charge in [0, 0.05) is 0 Å². The molecular formula is C15H6Cl6FNO2. The number of hydrogen-bond donors (Lipinski definition) is 0. The Labute approximate surface area is 171 Å². The second kappa shape index (κ2) is 5.18. The number of fused-ring (bicyclic) bond motifs is 5. The first-order valence-electron chi connectivity index (χ1n) is 6.97. The summed E-state index contributed by atoms with van der Waals surface area (Å²) >= 11 is 38.2. The predicted molar refractivity (Wildman–Crippen MR) is 96.2 cm³/mol. The fraction of sp³-hybridized carbons (Fsp3) is 0.333. The number of hydrogen-bond acceptors (Lipinski definition) is 2. The highest BCUT2D eigenvalue weighted by Gasteiger charge is 2.87. The summed E-state index contributed by atoms with van der Waals surface area (Å²) in [4.78, 5) is 22.9. The first-order valence-corrected chi connectivity index (χ1v) is 9.24. The average Bonchev–Trinajstić information content (AvgIpc) is 2.93. The summed E-state index contributed by atoms with van der Waals surface area (Å²) in [5, 5.41) is -0.373. The summed E-state index contributed by atoms with van der Waals surface area (Å²) in [6.45, 7) is 0. The van der Waals surface area contributed by atoms with Gasteiger partial charge in [-0.2, -0.15) is 0 Å². The Kier molecular flexibility index (Phi) is 3.76. The third-order valence-electron chi connectivity index (χ3n) is 5.00. The number of alkyl halides is 4. The molecule has 2 bridgehead atoms. The number of para-hydroxylation sites is 1. The van der Waals surface area contributed by atoms with E-state index in [4.69, 9.17) is 69.6 Å². The number of amides is 2. The topological polar surface area (TPSA) is 37.4 Å². The molecular weight excluding hydrogens is 458 g/mol. The summed E-state index contributed by atoms with van der Waals surface area (Å²) in [6, 6.07) is 5.33. The number of allylic oxidation sites excluding steroid dienone is 2. The summed E-state index contributed by atoms with van der Waals surface area (Å²) in [7, 11) is 0. The van der Waals surface area contributed by atoms with Gasteiger partial charge in [-0.15, -0.1) is 23.2 Å². The van der Waals surface area contributed by atoms with Crippen LogP contribution in [0.15, 0.2) is 34.3 Å². The second-order valence-corrected chi connectivity index (χ2v) is 9.32. The van der Waals surface area contributed by atoms with Gasteiger partial charge in [-0.3, -0.25) is 9.59 Å². The Hall–Kier alpha value is -0.230. The van der Waals surface area contributed by atoms with Crippen LogP contribution in [-0.4, -0.2) is 25.9 Å². The van der Waals surface area contributed by atoms with Crippen LogP contribution in [0.3, 0.4) is 0 Å². The van der Waals surface area contributed by atoms with Gasteiger partial charge < -0.3 is 0 Å². The van der Waals surface area contributed by atoms with E-state index in [1.807, 2.05) is 0 Å². The minimum Gasteiger partial charge on any atom is -0.274 e. The van der Waals surface area contributed by atoms with Gasteiger partial charge in [0.05, 0.1) is 27.6 Å². The van der Waals surface area contributed by atoms with Crippen molar-refractivity contribution in [3.8, 4) is 0 Å². The quantitative estimate of drug-likeness (QED) is 0.444. The number of carbonyl (C=O) groups excluding carboxylic acids is 2. The highest BCUT2D eigenvalue weighted by Crippen LogP contribution is 2.77. The molecule has 132 valence electrons. The van der Waals surface area contributed by atoms with E-state index in [-0.39, 0.29) is 15.8 Å². The van der Waals surface area contributed by atoms with Crippen molar-refractivity contribution in [2.75, 3.05) is 4.90 Å². The standard InChI is InChI=1S/C15H6Cl6FNO2/c16-9-10(17)14(19)8-7(13(9,18)15(14,20)21)11(24)23(12(8)25)6-4-2-1-3-5(6)22/h1-4,7-8H. The molecule has 1 saturated heterocycles. The molecule has 25 heavy (non-hydrogen) atoms. The number of imide groups is 1. The number of carbonyl (C=O) groups is 2. The maximum Gasteiger partial charge on any atom is 0.240 e. The van der Waals surface area contributed by atoms with Crippen LogP contribution in [-0.2, 0) is 9.59 Å². The SMILES string of the molecule is O=C1C2C(C(=O)N1c1ccccc1F)C1(Cl)C(Cl)=C(Cl)C2(Cl)C1(Cl)Cl. The van der Waals surface area contributed by atoms with Gasteiger partial charge in [0.1, 0.15) is 15.6 Å². The van der Waals surface area contributed by atoms with Gasteiger partial charge in [-0.05, 0) is 12.1 Å². The zero-order valence-corrected chi connectivity index (χ0v) is 16.4. The van der Waals surface area contributed by atoms with Gasteiger partial charge in [-0.1, -0.05) is 58.5 Å². The molecule has 4 unspecified atom stereocenters. The molecule has 3 nitrogen and oxygen atoms in total. The highest BCUT2D eigenvalue weighted by atomic mass is 35.5. The van der Waals surface area contributed by atoms with Crippen molar-refractivity contribution in [1.82, 2.24) is 0 Å². The van der Waals surface area contributed by atoms with E-state index in [0.717, 1.165) is 6.07 Å². The molecule has 10 heteroatoms. The summed E-state index contributed by atoms with van der Waals surface area (Å²) in [5.41, 5.74) is -0.214. The minimum absolute atomic E-state index is 0.186. The van der Waals surface area contributed by atoms with Crippen LogP contribution < -0.4 is 4.90 Å². The van der Waals surface area contributed by atoms with E-state index < -0.39 is 43.5 Å². The monoisotopic (exact) mass is 461 g/mol. The fourth-order valence-corrected chi connectivity index (χ4v) is 6.79. The van der Waals surface area contributed by atoms with Crippen LogP contribution in [0.2, 0.25) is 0 Å². The van der Waals surface area contributed by atoms with Crippen molar-refractivity contribution >= 4 is 87.1 Å². The minimum atomic E-state index is -2.00. The van der Waals surface area contributed by atoms with Crippen LogP contribution in [0.4, 0.5) is 10.1 Å². The molecule has 1 aromatic carbocycles. The molecule has 3 aliphatic rings. The van der Waals surface area contributed by atoms with Crippen molar-refractivity contribution in [2.45, 2.75) is 14.1 Å². The number of rotatable bonds is 1. The number of anilines is 1. The molecule has 1 aliphatic heterocycles. The van der Waals surface area contributed by atoms with E-state index in [1.165, 1.54) is 18.2 Å². The highest BCUT2D eigenvalue weighted by molar-refractivity contribution is 6.67. The average molecular weight is 464 g/mol. The van der Waals surface area contributed by atoms with E-state index in [0.29, 0.717) is 4.90 Å². The summed E-state index contributed by atoms with van der Waals surface area (Å²) < 4.78 is 12.1. The lowest BCUT2D eigenvalue weighted by Gasteiger charge is -2.34. The molecule has 2 fully saturated rings. The predicted octanol–water partition coefficient (Wildman–Crippen LogP) is 4.78. The summed E-state index contributed by atoms with van der Waals surface area (Å²) in [6.07, 6.45) is 0. The molecule has 0 N–H and O–H groups in total. The van der Waals surface area contributed by atoms with Crippen LogP contribution in [0.1, 0.15) is 0 Å². The molecule has 4 atom stereocenters. The van der Waals surface area contributed by atoms with Gasteiger partial charge in [0.25, 0.3) is 0 Å². The van der Waals surface area contributed by atoms with Crippen molar-refractivity contribution in [1.29, 1.82) is 0 Å². The van der Waals surface area contributed by atoms with Crippen molar-refractivity contribution < 1.29 is 14.0 Å². The van der Waals surface area contributed by atoms with Gasteiger partial charge >= 0.3 is 0 Å². The van der Waals surface area contributed by atoms with Crippen LogP contribution >= 0.6 is 69.6 Å². The Morgan fingerprint density at radius 1 is 0.880 bits per heavy atom. The molecule has 1 heterocycles. The Morgan fingerprint density at radius 2 is 1.32 bits per heavy atom. The van der Waals surface area contributed by atoms with E-state index >= 15 is 0 Å². The zero-order valence-electron chi connectivity index (χ0n) is 11.9. The maximum atomic E-state index is 14.1. The first kappa shape index (κ1) is 18.1. The lowest BCUT2D eigenvalue weighted by atomic mass is 9.84. The van der Waals surface area contributed by atoms with Crippen molar-refractivity contribution in [3.63, 3.8) is 0 Å². The van der Waals surface area contributed by atoms with E-state index in [9.17, 15) is 14.0 Å². The van der Waals surface area contributed by atoms with Crippen molar-refractivity contribution in [3.05, 3.63) is 40.1 Å². The van der Waals surface area contributed by atoms with Gasteiger partial charge in [0.15, 0.2) is 4.33 Å². The lowest BCUT2D eigenvalue weighted by Crippen LogP contribution is -2.50. The molecule has 0 aromatic heterocycles. The number of nitrogens with zero attached hydrogens (tertiary/aromatic N) is 1. The molecule has 4 rings (SSSR count). The molecule has 2 amide bonds. The molecule has 0 radical (unpaired) electrons. The van der Waals surface area contributed by atoms with Gasteiger partial charge in [0.2, 0.25) is 11.8 Å². The molecule has 2 aliphatic carbocycles. The maximum absolute atomic E-state index is 14.1. The smallest absolute Gasteiger partial charge is 0.240 e. The second-order valence-electron chi connectivity index (χ2n) is 6.04. The van der Waals surface area contributed by atoms with Gasteiger partial charge in [-0.25, -0.2) is 9.29 Å². The Morgan fingerprint density at radius 3 is 1.76 bits per heavy atom. The molecule has 0 spiro atoms. The van der Waals surface area contributed by atoms with Crippen molar-refractivity contribution in [2.24, 2.45) is 11.8 Å². The van der Waals surface area contributed by atoms with Crippen LogP contribution in [0.5, 0.6) is 0 Å². The fourth-order valence-electron chi connectivity index (χ4n) is 3.87. The van der Waals surface area contributed by atoms with E-state index in [2.05, 4.69) is 0 Å². The Balaban J connectivity index is 1.94. The first-order chi connectivity index (χ1) is 11.5. The Bertz CT molecular complexity index is 843.